The molecule has 3 rings (SSSR count). The number of nitrogens with zero attached hydrogens (tertiary/aromatic N) is 2. The van der Waals surface area contributed by atoms with Crippen LogP contribution >= 0.6 is 0 Å². The van der Waals surface area contributed by atoms with Crippen molar-refractivity contribution in [2.24, 2.45) is 0 Å². The van der Waals surface area contributed by atoms with Crippen molar-refractivity contribution >= 4 is 5.91 Å². The molecule has 23 heavy (non-hydrogen) atoms. The summed E-state index contributed by atoms with van der Waals surface area (Å²) in [4.78, 5) is 16.5. The van der Waals surface area contributed by atoms with Gasteiger partial charge in [-0.2, -0.15) is 0 Å². The Morgan fingerprint density at radius 2 is 1.91 bits per heavy atom. The van der Waals surface area contributed by atoms with E-state index in [0.29, 0.717) is 12.2 Å². The highest BCUT2D eigenvalue weighted by atomic mass is 16.1. The lowest BCUT2D eigenvalue weighted by atomic mass is 10.1. The number of aromatic nitrogens is 2. The Morgan fingerprint density at radius 3 is 2.70 bits per heavy atom. The van der Waals surface area contributed by atoms with E-state index in [1.54, 1.807) is 12.4 Å². The maximum Gasteiger partial charge on any atom is 0.268 e. The first kappa shape index (κ1) is 15.0. The molecule has 0 aliphatic rings. The van der Waals surface area contributed by atoms with Gasteiger partial charge in [0.05, 0.1) is 11.9 Å². The van der Waals surface area contributed by atoms with Crippen molar-refractivity contribution in [3.8, 4) is 5.69 Å². The van der Waals surface area contributed by atoms with E-state index < -0.39 is 0 Å². The number of benzene rings is 1. The first-order valence-corrected chi connectivity index (χ1v) is 7.74. The van der Waals surface area contributed by atoms with Gasteiger partial charge in [0, 0.05) is 18.9 Å². The average molecular weight is 305 g/mol. The van der Waals surface area contributed by atoms with Crippen LogP contribution in [-0.2, 0) is 6.42 Å². The molecule has 1 N–H and O–H groups in total. The van der Waals surface area contributed by atoms with E-state index in [-0.39, 0.29) is 5.91 Å². The highest BCUT2D eigenvalue weighted by Gasteiger charge is 2.11. The van der Waals surface area contributed by atoms with Crippen molar-refractivity contribution < 1.29 is 4.79 Å². The Balaban J connectivity index is 1.56. The second kappa shape index (κ2) is 7.40. The molecule has 4 heteroatoms. The average Bonchev–Trinajstić information content (AvgIpc) is 3.10. The predicted molar refractivity (Wildman–Crippen MR) is 90.7 cm³/mol. The zero-order chi connectivity index (χ0) is 15.9. The molecular formula is C19H19N3O. The monoisotopic (exact) mass is 305 g/mol. The molecule has 0 atom stereocenters. The maximum atomic E-state index is 12.4. The fourth-order valence-corrected chi connectivity index (χ4v) is 2.52. The van der Waals surface area contributed by atoms with Crippen molar-refractivity contribution in [3.05, 3.63) is 84.4 Å². The molecule has 0 radical (unpaired) electrons. The van der Waals surface area contributed by atoms with Gasteiger partial charge in [-0.25, -0.2) is 0 Å². The zero-order valence-corrected chi connectivity index (χ0v) is 12.9. The molecule has 0 saturated carbocycles. The lowest BCUT2D eigenvalue weighted by molar-refractivity contribution is 0.0946. The number of aryl methyl sites for hydroxylation is 1. The van der Waals surface area contributed by atoms with Gasteiger partial charge >= 0.3 is 0 Å². The number of carbonyl (C=O) groups is 1. The Hall–Kier alpha value is -2.88. The largest absolute Gasteiger partial charge is 0.351 e. The van der Waals surface area contributed by atoms with E-state index in [1.807, 2.05) is 53.2 Å². The highest BCUT2D eigenvalue weighted by Crippen LogP contribution is 2.11. The van der Waals surface area contributed by atoms with Gasteiger partial charge < -0.3 is 9.88 Å². The molecule has 0 saturated heterocycles. The minimum Gasteiger partial charge on any atom is -0.351 e. The van der Waals surface area contributed by atoms with Crippen molar-refractivity contribution in [2.75, 3.05) is 6.54 Å². The fraction of sp³-hybridized carbons (Fsp3) is 0.158. The van der Waals surface area contributed by atoms with Crippen molar-refractivity contribution in [3.63, 3.8) is 0 Å². The molecule has 3 aromatic rings. The van der Waals surface area contributed by atoms with Gasteiger partial charge in [0.2, 0.25) is 0 Å². The molecule has 1 amide bonds. The van der Waals surface area contributed by atoms with Crippen LogP contribution < -0.4 is 5.32 Å². The molecule has 2 heterocycles. The summed E-state index contributed by atoms with van der Waals surface area (Å²) in [5.74, 6) is -0.0630. The zero-order valence-electron chi connectivity index (χ0n) is 12.9. The molecule has 0 spiro atoms. The van der Waals surface area contributed by atoms with Gasteiger partial charge in [0.1, 0.15) is 5.69 Å². The first-order valence-electron chi connectivity index (χ1n) is 7.74. The predicted octanol–water partition coefficient (Wildman–Crippen LogP) is 3.23. The molecule has 0 unspecified atom stereocenters. The molecule has 0 bridgehead atoms. The van der Waals surface area contributed by atoms with Gasteiger partial charge in [-0.1, -0.05) is 30.3 Å². The van der Waals surface area contributed by atoms with Crippen LogP contribution in [0.15, 0.2) is 73.2 Å². The highest BCUT2D eigenvalue weighted by molar-refractivity contribution is 5.93. The summed E-state index contributed by atoms with van der Waals surface area (Å²) in [5, 5.41) is 2.99. The number of nitrogens with one attached hydrogen (secondary N) is 1. The topological polar surface area (TPSA) is 46.9 Å². The Labute approximate surface area is 135 Å². The van der Waals surface area contributed by atoms with Crippen molar-refractivity contribution in [2.45, 2.75) is 12.8 Å². The van der Waals surface area contributed by atoms with Gasteiger partial charge in [0.25, 0.3) is 5.91 Å². The van der Waals surface area contributed by atoms with Crippen LogP contribution in [-0.4, -0.2) is 22.0 Å². The lowest BCUT2D eigenvalue weighted by Gasteiger charge is -2.09. The van der Waals surface area contributed by atoms with Crippen LogP contribution in [0, 0.1) is 0 Å². The molecular weight excluding hydrogens is 286 g/mol. The lowest BCUT2D eigenvalue weighted by Crippen LogP contribution is -2.26. The Morgan fingerprint density at radius 1 is 1.04 bits per heavy atom. The minimum atomic E-state index is -0.0630. The summed E-state index contributed by atoms with van der Waals surface area (Å²) in [7, 11) is 0. The van der Waals surface area contributed by atoms with Gasteiger partial charge in [-0.05, 0) is 42.7 Å². The third kappa shape index (κ3) is 3.86. The maximum absolute atomic E-state index is 12.4. The molecule has 4 nitrogen and oxygen atoms in total. The van der Waals surface area contributed by atoms with Gasteiger partial charge in [0.15, 0.2) is 0 Å². The second-order valence-electron chi connectivity index (χ2n) is 5.32. The summed E-state index contributed by atoms with van der Waals surface area (Å²) >= 11 is 0. The molecule has 0 fully saturated rings. The van der Waals surface area contributed by atoms with Crippen molar-refractivity contribution in [1.29, 1.82) is 0 Å². The van der Waals surface area contributed by atoms with E-state index in [4.69, 9.17) is 0 Å². The fourth-order valence-electron chi connectivity index (χ4n) is 2.52. The van der Waals surface area contributed by atoms with Crippen LogP contribution in [0.4, 0.5) is 0 Å². The van der Waals surface area contributed by atoms with Crippen LogP contribution in [0.2, 0.25) is 0 Å². The van der Waals surface area contributed by atoms with Crippen molar-refractivity contribution in [1.82, 2.24) is 14.9 Å². The summed E-state index contributed by atoms with van der Waals surface area (Å²) in [6, 6.07) is 17.8. The van der Waals surface area contributed by atoms with E-state index in [0.717, 1.165) is 18.5 Å². The van der Waals surface area contributed by atoms with E-state index in [1.165, 1.54) is 5.56 Å². The summed E-state index contributed by atoms with van der Waals surface area (Å²) in [6.45, 7) is 0.659. The molecule has 1 aromatic carbocycles. The Bertz CT molecular complexity index is 751. The quantitative estimate of drug-likeness (QED) is 0.711. The Kier molecular flexibility index (Phi) is 4.84. The summed E-state index contributed by atoms with van der Waals surface area (Å²) in [5.41, 5.74) is 2.80. The SMILES string of the molecule is O=C(NCCCc1ccccc1)c1cccn1-c1cccnc1. The number of carbonyl (C=O) groups excluding carboxylic acids is 1. The number of hydrogen-bond acceptors (Lipinski definition) is 2. The third-order valence-electron chi connectivity index (χ3n) is 3.68. The first-order chi connectivity index (χ1) is 11.3. The van der Waals surface area contributed by atoms with E-state index in [9.17, 15) is 4.79 Å². The van der Waals surface area contributed by atoms with Crippen LogP contribution in [0.25, 0.3) is 5.69 Å². The normalized spacial score (nSPS) is 10.4. The molecule has 0 aliphatic carbocycles. The summed E-state index contributed by atoms with van der Waals surface area (Å²) < 4.78 is 1.85. The van der Waals surface area contributed by atoms with E-state index in [2.05, 4.69) is 22.4 Å². The molecule has 0 aliphatic heterocycles. The van der Waals surface area contributed by atoms with E-state index >= 15 is 0 Å². The smallest absolute Gasteiger partial charge is 0.268 e. The molecule has 2 aromatic heterocycles. The minimum absolute atomic E-state index is 0.0630. The number of rotatable bonds is 6. The third-order valence-corrected chi connectivity index (χ3v) is 3.68. The standard InChI is InChI=1S/C19H19N3O/c23-19(21-13-4-9-16-7-2-1-3-8-16)18-11-6-14-22(18)17-10-5-12-20-15-17/h1-3,5-8,10-12,14-15H,4,9,13H2,(H,21,23). The molecule has 116 valence electrons. The van der Waals surface area contributed by atoms with Crippen LogP contribution in [0.1, 0.15) is 22.5 Å². The number of amides is 1. The van der Waals surface area contributed by atoms with Gasteiger partial charge in [-0.15, -0.1) is 0 Å². The van der Waals surface area contributed by atoms with Crippen LogP contribution in [0.3, 0.4) is 0 Å². The summed E-state index contributed by atoms with van der Waals surface area (Å²) in [6.07, 6.45) is 7.21. The number of pyridine rings is 1. The number of hydrogen-bond donors (Lipinski definition) is 1. The second-order valence-corrected chi connectivity index (χ2v) is 5.32. The van der Waals surface area contributed by atoms with Crippen LogP contribution in [0.5, 0.6) is 0 Å². The van der Waals surface area contributed by atoms with Gasteiger partial charge in [-0.3, -0.25) is 9.78 Å².